The van der Waals surface area contributed by atoms with Crippen molar-refractivity contribution in [1.82, 2.24) is 9.78 Å². The lowest BCUT2D eigenvalue weighted by molar-refractivity contribution is -0.255. The summed E-state index contributed by atoms with van der Waals surface area (Å²) in [6, 6.07) is 13.8. The van der Waals surface area contributed by atoms with E-state index in [9.17, 15) is 14.7 Å². The van der Waals surface area contributed by atoms with Gasteiger partial charge < -0.3 is 9.90 Å². The largest absolute Gasteiger partial charge is 0.545 e. The lowest BCUT2D eigenvalue weighted by atomic mass is 10.1. The first kappa shape index (κ1) is 16.4. The number of nitrogens with zero attached hydrogens (tertiary/aromatic N) is 2. The molecule has 1 heterocycles. The van der Waals surface area contributed by atoms with E-state index in [1.54, 1.807) is 13.0 Å². The lowest BCUT2D eigenvalue weighted by Crippen LogP contribution is -2.22. The van der Waals surface area contributed by atoms with Gasteiger partial charge in [0.1, 0.15) is 0 Å². The number of aromatic carboxylic acids is 1. The Hall–Kier alpha value is -3.41. The number of hydrogen-bond acceptors (Lipinski definition) is 4. The molecule has 6 heteroatoms. The minimum atomic E-state index is -1.26. The van der Waals surface area contributed by atoms with Gasteiger partial charge in [0.2, 0.25) is 0 Å². The van der Waals surface area contributed by atoms with E-state index >= 15 is 0 Å². The number of carboxylic acids is 1. The summed E-state index contributed by atoms with van der Waals surface area (Å²) in [6.07, 6.45) is 1.45. The summed E-state index contributed by atoms with van der Waals surface area (Å²) < 4.78 is 1.45. The topological polar surface area (TPSA) is 90.3 Å². The van der Waals surface area contributed by atoms with Gasteiger partial charge >= 0.3 is 0 Å². The first-order valence-corrected chi connectivity index (χ1v) is 7.70. The Labute approximate surface area is 144 Å². The molecule has 0 amide bonds. The van der Waals surface area contributed by atoms with Crippen LogP contribution in [-0.2, 0) is 0 Å². The molecule has 0 aliphatic rings. The summed E-state index contributed by atoms with van der Waals surface area (Å²) in [6.45, 7) is 3.60. The third kappa shape index (κ3) is 3.28. The van der Waals surface area contributed by atoms with Crippen molar-refractivity contribution in [2.45, 2.75) is 13.8 Å². The quantitative estimate of drug-likeness (QED) is 0.739. The summed E-state index contributed by atoms with van der Waals surface area (Å²) in [4.78, 5) is 27.9. The van der Waals surface area contributed by atoms with Crippen LogP contribution in [0.15, 0.2) is 58.3 Å². The minimum absolute atomic E-state index is 0.0465. The second-order valence-electron chi connectivity index (χ2n) is 5.67. The molecule has 0 saturated carbocycles. The lowest BCUT2D eigenvalue weighted by Gasteiger charge is -2.05. The molecule has 0 bridgehead atoms. The Bertz CT molecular complexity index is 1010. The van der Waals surface area contributed by atoms with Crippen molar-refractivity contribution >= 4 is 17.9 Å². The molecule has 6 nitrogen and oxygen atoms in total. The van der Waals surface area contributed by atoms with Gasteiger partial charge in [-0.1, -0.05) is 30.3 Å². The first-order valence-electron chi connectivity index (χ1n) is 7.70. The molecule has 0 unspecified atom stereocenters. The van der Waals surface area contributed by atoms with Crippen LogP contribution in [0.3, 0.4) is 0 Å². The van der Waals surface area contributed by atoms with Crippen molar-refractivity contribution in [2.24, 2.45) is 4.99 Å². The van der Waals surface area contributed by atoms with E-state index < -0.39 is 5.97 Å². The molecule has 0 fully saturated rings. The molecule has 0 saturated heterocycles. The fourth-order valence-corrected chi connectivity index (χ4v) is 2.48. The van der Waals surface area contributed by atoms with Crippen LogP contribution in [0.4, 0.5) is 5.69 Å². The van der Waals surface area contributed by atoms with Crippen molar-refractivity contribution in [3.05, 3.63) is 81.3 Å². The molecule has 25 heavy (non-hydrogen) atoms. The molecular weight excluding hydrogens is 318 g/mol. The number of aromatic nitrogens is 2. The molecule has 2 aromatic carbocycles. The Balaban J connectivity index is 2.01. The number of nitrogens with one attached hydrogen (secondary N) is 1. The summed E-state index contributed by atoms with van der Waals surface area (Å²) in [5, 5.41) is 14.0. The Morgan fingerprint density at radius 1 is 1.16 bits per heavy atom. The third-order valence-electron chi connectivity index (χ3n) is 3.91. The molecule has 3 rings (SSSR count). The van der Waals surface area contributed by atoms with E-state index in [0.717, 1.165) is 11.3 Å². The molecule has 0 spiro atoms. The fraction of sp³-hybridized carbons (Fsp3) is 0.105. The van der Waals surface area contributed by atoms with E-state index in [1.807, 2.05) is 37.3 Å². The van der Waals surface area contributed by atoms with Gasteiger partial charge in [-0.3, -0.25) is 14.9 Å². The van der Waals surface area contributed by atoms with Gasteiger partial charge in [-0.15, -0.1) is 0 Å². The molecule has 0 radical (unpaired) electrons. The fourth-order valence-electron chi connectivity index (χ4n) is 2.48. The van der Waals surface area contributed by atoms with Crippen LogP contribution >= 0.6 is 0 Å². The average Bonchev–Trinajstić information content (AvgIpc) is 2.89. The number of para-hydroxylation sites is 1. The van der Waals surface area contributed by atoms with Crippen LogP contribution in [0.25, 0.3) is 5.69 Å². The number of carboxylic acid groups (broad SMARTS) is 1. The normalized spacial score (nSPS) is 11.1. The SMILES string of the molecule is Cc1ccc(C(=O)[O-])cc1N=Cc1c(C)[nH]n(-c2ccccc2)c1=O. The number of carbonyl (C=O) groups is 1. The van der Waals surface area contributed by atoms with Gasteiger partial charge in [0, 0.05) is 11.9 Å². The predicted molar refractivity (Wildman–Crippen MR) is 93.9 cm³/mol. The number of benzene rings is 2. The summed E-state index contributed by atoms with van der Waals surface area (Å²) in [7, 11) is 0. The van der Waals surface area contributed by atoms with Crippen LogP contribution in [0, 0.1) is 13.8 Å². The Morgan fingerprint density at radius 2 is 1.88 bits per heavy atom. The number of carbonyl (C=O) groups excluding carboxylic acids is 1. The zero-order valence-electron chi connectivity index (χ0n) is 13.8. The summed E-state index contributed by atoms with van der Waals surface area (Å²) >= 11 is 0. The van der Waals surface area contributed by atoms with E-state index in [1.165, 1.54) is 23.0 Å². The molecule has 0 aliphatic carbocycles. The van der Waals surface area contributed by atoms with Crippen molar-refractivity contribution in [3.63, 3.8) is 0 Å². The highest BCUT2D eigenvalue weighted by molar-refractivity contribution is 5.88. The number of aliphatic imine (C=N–C) groups is 1. The van der Waals surface area contributed by atoms with Crippen LogP contribution in [0.1, 0.15) is 27.2 Å². The second-order valence-corrected chi connectivity index (χ2v) is 5.67. The van der Waals surface area contributed by atoms with Crippen molar-refractivity contribution < 1.29 is 9.90 Å². The van der Waals surface area contributed by atoms with Gasteiger partial charge in [0.25, 0.3) is 5.56 Å². The van der Waals surface area contributed by atoms with Crippen LogP contribution in [0.2, 0.25) is 0 Å². The average molecular weight is 334 g/mol. The van der Waals surface area contributed by atoms with E-state index in [4.69, 9.17) is 0 Å². The van der Waals surface area contributed by atoms with Gasteiger partial charge in [-0.25, -0.2) is 4.68 Å². The first-order chi connectivity index (χ1) is 12.0. The van der Waals surface area contributed by atoms with Gasteiger partial charge in [-0.2, -0.15) is 0 Å². The van der Waals surface area contributed by atoms with Crippen LogP contribution in [-0.4, -0.2) is 22.0 Å². The van der Waals surface area contributed by atoms with Crippen molar-refractivity contribution in [2.75, 3.05) is 0 Å². The molecule has 1 N–H and O–H groups in total. The minimum Gasteiger partial charge on any atom is -0.545 e. The molecule has 3 aromatic rings. The zero-order chi connectivity index (χ0) is 18.0. The summed E-state index contributed by atoms with van der Waals surface area (Å²) in [5.74, 6) is -1.26. The maximum absolute atomic E-state index is 12.6. The molecule has 1 aromatic heterocycles. The standard InChI is InChI=1S/C19H17N3O3/c1-12-8-9-14(19(24)25)10-17(12)20-11-16-13(2)21-22(18(16)23)15-6-4-3-5-7-15/h3-11,21H,1-2H3,(H,24,25)/p-1. The predicted octanol–water partition coefficient (Wildman–Crippen LogP) is 1.90. The monoisotopic (exact) mass is 334 g/mol. The molecule has 126 valence electrons. The van der Waals surface area contributed by atoms with Gasteiger partial charge in [-0.05, 0) is 43.2 Å². The van der Waals surface area contributed by atoms with Gasteiger partial charge in [0.15, 0.2) is 0 Å². The van der Waals surface area contributed by atoms with E-state index in [0.29, 0.717) is 16.9 Å². The van der Waals surface area contributed by atoms with Crippen LogP contribution < -0.4 is 10.7 Å². The third-order valence-corrected chi connectivity index (χ3v) is 3.91. The Morgan fingerprint density at radius 3 is 2.56 bits per heavy atom. The van der Waals surface area contributed by atoms with Crippen LogP contribution in [0.5, 0.6) is 0 Å². The molecular formula is C19H16N3O3-. The number of hydrogen-bond donors (Lipinski definition) is 1. The number of H-pyrrole nitrogens is 1. The Kier molecular flexibility index (Phi) is 4.35. The maximum atomic E-state index is 12.6. The highest BCUT2D eigenvalue weighted by Gasteiger charge is 2.10. The van der Waals surface area contributed by atoms with Crippen molar-refractivity contribution in [1.29, 1.82) is 0 Å². The molecule has 0 aliphatic heterocycles. The van der Waals surface area contributed by atoms with Gasteiger partial charge in [0.05, 0.1) is 22.9 Å². The number of aromatic amines is 1. The highest BCUT2D eigenvalue weighted by Crippen LogP contribution is 2.20. The zero-order valence-corrected chi connectivity index (χ0v) is 13.8. The number of aryl methyl sites for hydroxylation is 2. The van der Waals surface area contributed by atoms with E-state index in [2.05, 4.69) is 10.1 Å². The summed E-state index contributed by atoms with van der Waals surface area (Å²) in [5.41, 5.74) is 2.93. The second kappa shape index (κ2) is 6.60. The smallest absolute Gasteiger partial charge is 0.280 e. The number of rotatable bonds is 4. The van der Waals surface area contributed by atoms with E-state index in [-0.39, 0.29) is 11.1 Å². The molecule has 0 atom stereocenters. The highest BCUT2D eigenvalue weighted by atomic mass is 16.4. The maximum Gasteiger partial charge on any atom is 0.280 e. The van der Waals surface area contributed by atoms with Crippen molar-refractivity contribution in [3.8, 4) is 5.69 Å².